The van der Waals surface area contributed by atoms with Crippen LogP contribution in [0.15, 0.2) is 30.5 Å². The normalized spacial score (nSPS) is 15.0. The molecule has 2 amide bonds. The molecule has 1 aliphatic heterocycles. The Labute approximate surface area is 132 Å². The Bertz CT molecular complexity index is 750. The van der Waals surface area contributed by atoms with Crippen molar-refractivity contribution in [2.24, 2.45) is 0 Å². The molecule has 2 aromatic rings. The van der Waals surface area contributed by atoms with Gasteiger partial charge in [-0.25, -0.2) is 9.37 Å². The number of morpholine rings is 1. The van der Waals surface area contributed by atoms with Crippen LogP contribution in [0.4, 0.5) is 4.39 Å². The van der Waals surface area contributed by atoms with E-state index in [1.165, 1.54) is 0 Å². The highest BCUT2D eigenvalue weighted by Gasteiger charge is 2.19. The van der Waals surface area contributed by atoms with Crippen LogP contribution in [0.5, 0.6) is 0 Å². The zero-order chi connectivity index (χ0) is 16.2. The molecule has 2 heterocycles. The number of ether oxygens (including phenoxy) is 1. The zero-order valence-electron chi connectivity index (χ0n) is 12.4. The minimum atomic E-state index is -0.462. The molecule has 0 aliphatic carbocycles. The number of nitrogens with zero attached hydrogens (tertiary/aromatic N) is 2. The first kappa shape index (κ1) is 15.4. The fourth-order valence-corrected chi connectivity index (χ4v) is 2.51. The molecule has 1 aliphatic rings. The topological polar surface area (TPSA) is 71.5 Å². The van der Waals surface area contributed by atoms with Gasteiger partial charge in [0, 0.05) is 30.4 Å². The fourth-order valence-electron chi connectivity index (χ4n) is 2.51. The summed E-state index contributed by atoms with van der Waals surface area (Å²) in [5.41, 5.74) is 0.176. The molecular formula is C16H16FN3O3. The van der Waals surface area contributed by atoms with E-state index in [2.05, 4.69) is 10.3 Å². The first-order valence-electron chi connectivity index (χ1n) is 7.34. The van der Waals surface area contributed by atoms with Gasteiger partial charge in [-0.3, -0.25) is 9.59 Å². The maximum Gasteiger partial charge on any atom is 0.270 e. The number of hydrogen-bond donors (Lipinski definition) is 1. The summed E-state index contributed by atoms with van der Waals surface area (Å²) >= 11 is 0. The maximum absolute atomic E-state index is 13.7. The van der Waals surface area contributed by atoms with E-state index in [0.717, 1.165) is 6.20 Å². The lowest BCUT2D eigenvalue weighted by Crippen LogP contribution is -2.45. The van der Waals surface area contributed by atoms with Gasteiger partial charge in [0.05, 0.1) is 12.8 Å². The van der Waals surface area contributed by atoms with E-state index < -0.39 is 5.82 Å². The number of amides is 2. The molecule has 1 N–H and O–H groups in total. The van der Waals surface area contributed by atoms with Crippen molar-refractivity contribution >= 4 is 22.6 Å². The molecule has 1 fully saturated rings. The van der Waals surface area contributed by atoms with Gasteiger partial charge >= 0.3 is 0 Å². The molecule has 0 radical (unpaired) electrons. The standard InChI is InChI=1S/C16H16FN3O3/c17-13-9-19-15(12-4-2-1-3-11(12)13)16(22)18-5-6-20-7-8-23-10-14(20)21/h1-4,9H,5-8,10H2,(H,18,22). The molecule has 0 spiro atoms. The monoisotopic (exact) mass is 317 g/mol. The molecule has 0 atom stereocenters. The van der Waals surface area contributed by atoms with Crippen LogP contribution in [0, 0.1) is 5.82 Å². The summed E-state index contributed by atoms with van der Waals surface area (Å²) in [4.78, 5) is 29.4. The lowest BCUT2D eigenvalue weighted by Gasteiger charge is -2.26. The van der Waals surface area contributed by atoms with Crippen LogP contribution in [0.2, 0.25) is 0 Å². The average Bonchev–Trinajstić information content (AvgIpc) is 2.57. The van der Waals surface area contributed by atoms with Gasteiger partial charge in [0.15, 0.2) is 0 Å². The fraction of sp³-hybridized carbons (Fsp3) is 0.312. The minimum Gasteiger partial charge on any atom is -0.370 e. The number of carbonyl (C=O) groups is 2. The summed E-state index contributed by atoms with van der Waals surface area (Å²) in [6.07, 6.45) is 1.04. The van der Waals surface area contributed by atoms with Crippen molar-refractivity contribution in [2.75, 3.05) is 32.8 Å². The number of benzene rings is 1. The zero-order valence-corrected chi connectivity index (χ0v) is 12.4. The molecule has 0 unspecified atom stereocenters. The van der Waals surface area contributed by atoms with Gasteiger partial charge < -0.3 is 15.0 Å². The second-order valence-corrected chi connectivity index (χ2v) is 5.19. The predicted molar refractivity (Wildman–Crippen MR) is 81.4 cm³/mol. The summed E-state index contributed by atoms with van der Waals surface area (Å²) in [5.74, 6) is -0.936. The molecule has 0 bridgehead atoms. The Morgan fingerprint density at radius 1 is 1.35 bits per heavy atom. The van der Waals surface area contributed by atoms with Crippen LogP contribution < -0.4 is 5.32 Å². The molecular weight excluding hydrogens is 301 g/mol. The van der Waals surface area contributed by atoms with E-state index in [9.17, 15) is 14.0 Å². The van der Waals surface area contributed by atoms with Crippen LogP contribution in [0.1, 0.15) is 10.5 Å². The number of aromatic nitrogens is 1. The smallest absolute Gasteiger partial charge is 0.270 e. The maximum atomic E-state index is 13.7. The van der Waals surface area contributed by atoms with Crippen molar-refractivity contribution in [3.63, 3.8) is 0 Å². The van der Waals surface area contributed by atoms with Crippen molar-refractivity contribution in [1.82, 2.24) is 15.2 Å². The number of pyridine rings is 1. The second kappa shape index (κ2) is 6.70. The van der Waals surface area contributed by atoms with Crippen molar-refractivity contribution in [3.8, 4) is 0 Å². The van der Waals surface area contributed by atoms with Crippen molar-refractivity contribution in [1.29, 1.82) is 0 Å². The van der Waals surface area contributed by atoms with Crippen molar-refractivity contribution in [3.05, 3.63) is 42.0 Å². The molecule has 1 saturated heterocycles. The molecule has 1 aromatic heterocycles. The summed E-state index contributed by atoms with van der Waals surface area (Å²) in [6, 6.07) is 6.70. The van der Waals surface area contributed by atoms with E-state index >= 15 is 0 Å². The van der Waals surface area contributed by atoms with Gasteiger partial charge in [-0.15, -0.1) is 0 Å². The highest BCUT2D eigenvalue weighted by atomic mass is 19.1. The van der Waals surface area contributed by atoms with Gasteiger partial charge in [-0.05, 0) is 0 Å². The molecule has 23 heavy (non-hydrogen) atoms. The molecule has 120 valence electrons. The van der Waals surface area contributed by atoms with E-state index in [1.54, 1.807) is 29.2 Å². The first-order valence-corrected chi connectivity index (χ1v) is 7.34. The molecule has 1 aromatic carbocycles. The number of hydrogen-bond acceptors (Lipinski definition) is 4. The largest absolute Gasteiger partial charge is 0.370 e. The third-order valence-corrected chi connectivity index (χ3v) is 3.71. The summed E-state index contributed by atoms with van der Waals surface area (Å²) in [6.45, 7) is 1.82. The highest BCUT2D eigenvalue weighted by Crippen LogP contribution is 2.19. The number of fused-ring (bicyclic) bond motifs is 1. The Kier molecular flexibility index (Phi) is 4.47. The van der Waals surface area contributed by atoms with Crippen molar-refractivity contribution in [2.45, 2.75) is 0 Å². The number of rotatable bonds is 4. The number of halogens is 1. The molecule has 0 saturated carbocycles. The van der Waals surface area contributed by atoms with Gasteiger partial charge in [-0.2, -0.15) is 0 Å². The molecule has 7 heteroatoms. The Morgan fingerprint density at radius 3 is 2.91 bits per heavy atom. The number of carbonyl (C=O) groups excluding carboxylic acids is 2. The Hall–Kier alpha value is -2.54. The third-order valence-electron chi connectivity index (χ3n) is 3.71. The van der Waals surface area contributed by atoms with Gasteiger partial charge in [0.1, 0.15) is 18.1 Å². The van der Waals surface area contributed by atoms with E-state index in [-0.39, 0.29) is 24.1 Å². The lowest BCUT2D eigenvalue weighted by atomic mass is 10.1. The molecule has 6 nitrogen and oxygen atoms in total. The van der Waals surface area contributed by atoms with Crippen LogP contribution in [-0.2, 0) is 9.53 Å². The van der Waals surface area contributed by atoms with Crippen LogP contribution in [0.3, 0.4) is 0 Å². The minimum absolute atomic E-state index is 0.0815. The van der Waals surface area contributed by atoms with E-state index in [1.807, 2.05) is 0 Å². The lowest BCUT2D eigenvalue weighted by molar-refractivity contribution is -0.142. The predicted octanol–water partition coefficient (Wildman–Crippen LogP) is 0.962. The van der Waals surface area contributed by atoms with Crippen LogP contribution in [0.25, 0.3) is 10.8 Å². The Morgan fingerprint density at radius 2 is 2.13 bits per heavy atom. The number of nitrogens with one attached hydrogen (secondary N) is 1. The first-order chi connectivity index (χ1) is 11.2. The summed E-state index contributed by atoms with van der Waals surface area (Å²) in [7, 11) is 0. The SMILES string of the molecule is O=C(NCCN1CCOCC1=O)c1ncc(F)c2ccccc12. The highest BCUT2D eigenvalue weighted by molar-refractivity contribution is 6.05. The summed E-state index contributed by atoms with van der Waals surface area (Å²) < 4.78 is 18.8. The van der Waals surface area contributed by atoms with Crippen LogP contribution >= 0.6 is 0 Å². The van der Waals surface area contributed by atoms with Gasteiger partial charge in [0.2, 0.25) is 5.91 Å². The van der Waals surface area contributed by atoms with Gasteiger partial charge in [-0.1, -0.05) is 24.3 Å². The third kappa shape index (κ3) is 3.29. The van der Waals surface area contributed by atoms with Crippen LogP contribution in [-0.4, -0.2) is 54.5 Å². The quantitative estimate of drug-likeness (QED) is 0.912. The Balaban J connectivity index is 1.67. The molecule has 3 rings (SSSR count). The van der Waals surface area contributed by atoms with E-state index in [0.29, 0.717) is 37.0 Å². The van der Waals surface area contributed by atoms with Crippen molar-refractivity contribution < 1.29 is 18.7 Å². The van der Waals surface area contributed by atoms with E-state index in [4.69, 9.17) is 4.74 Å². The average molecular weight is 317 g/mol. The second-order valence-electron chi connectivity index (χ2n) is 5.19. The van der Waals surface area contributed by atoms with Gasteiger partial charge in [0.25, 0.3) is 5.91 Å². The summed E-state index contributed by atoms with van der Waals surface area (Å²) in [5, 5.41) is 3.54.